The highest BCUT2D eigenvalue weighted by Gasteiger charge is 2.26. The molecule has 4 rings (SSSR count). The molecule has 0 unspecified atom stereocenters. The number of carbonyl (C=O) groups is 2. The molecule has 1 N–H and O–H groups in total. The molecule has 1 aromatic heterocycles. The molecule has 0 bridgehead atoms. The number of nitrogens with one attached hydrogen (secondary N) is 1. The number of aromatic nitrogens is 1. The van der Waals surface area contributed by atoms with Crippen molar-refractivity contribution < 1.29 is 14.3 Å². The van der Waals surface area contributed by atoms with Gasteiger partial charge in [-0.15, -0.1) is 0 Å². The molecule has 7 nitrogen and oxygen atoms in total. The van der Waals surface area contributed by atoms with Crippen molar-refractivity contribution in [2.45, 2.75) is 6.92 Å². The Kier molecular flexibility index (Phi) is 5.03. The third kappa shape index (κ3) is 3.59. The molecule has 7 heteroatoms. The molecule has 29 heavy (non-hydrogen) atoms. The minimum absolute atomic E-state index is 0.0243. The molecular formula is C22H22N4O3. The second kappa shape index (κ2) is 7.79. The van der Waals surface area contributed by atoms with Gasteiger partial charge in [0.05, 0.1) is 17.8 Å². The van der Waals surface area contributed by atoms with E-state index in [1.807, 2.05) is 48.5 Å². The fraction of sp³-hybridized carbons (Fsp3) is 0.227. The van der Waals surface area contributed by atoms with Gasteiger partial charge < -0.3 is 15.0 Å². The number of amides is 2. The summed E-state index contributed by atoms with van der Waals surface area (Å²) in [7, 11) is 1.79. The first-order valence-corrected chi connectivity index (χ1v) is 9.53. The lowest BCUT2D eigenvalue weighted by Gasteiger charge is -2.18. The third-order valence-electron chi connectivity index (χ3n) is 4.91. The fourth-order valence-corrected chi connectivity index (χ4v) is 3.42. The third-order valence-corrected chi connectivity index (χ3v) is 4.91. The second-order valence-corrected chi connectivity index (χ2v) is 6.82. The van der Waals surface area contributed by atoms with Gasteiger partial charge in [0, 0.05) is 43.1 Å². The number of benzene rings is 2. The summed E-state index contributed by atoms with van der Waals surface area (Å²) >= 11 is 0. The zero-order valence-corrected chi connectivity index (χ0v) is 16.4. The lowest BCUT2D eigenvalue weighted by atomic mass is 10.1. The Morgan fingerprint density at radius 2 is 2.00 bits per heavy atom. The standard InChI is InChI=1S/C22H22N4O3/c1-3-29-21(27)18-14-23-19-10-5-4-9-17(19)20(18)24-15-7-6-8-16(13-15)26-12-11-25(2)22(26)28/h4-10,13-14H,3,11-12H2,1-2H3,(H,23,24). The van der Waals surface area contributed by atoms with Crippen LogP contribution in [0.25, 0.3) is 10.9 Å². The van der Waals surface area contributed by atoms with E-state index >= 15 is 0 Å². The van der Waals surface area contributed by atoms with Gasteiger partial charge in [0.25, 0.3) is 0 Å². The smallest absolute Gasteiger partial charge is 0.341 e. The van der Waals surface area contributed by atoms with Crippen molar-refractivity contribution in [3.63, 3.8) is 0 Å². The van der Waals surface area contributed by atoms with E-state index in [0.717, 1.165) is 22.3 Å². The molecule has 3 aromatic rings. The maximum Gasteiger partial charge on any atom is 0.341 e. The molecule has 0 radical (unpaired) electrons. The molecular weight excluding hydrogens is 368 g/mol. The van der Waals surface area contributed by atoms with E-state index in [1.165, 1.54) is 6.20 Å². The number of hydrogen-bond acceptors (Lipinski definition) is 5. The van der Waals surface area contributed by atoms with E-state index in [4.69, 9.17) is 4.74 Å². The molecule has 1 aliphatic rings. The number of carbonyl (C=O) groups excluding carboxylic acids is 2. The summed E-state index contributed by atoms with van der Waals surface area (Å²) < 4.78 is 5.21. The Morgan fingerprint density at radius 1 is 1.17 bits per heavy atom. The van der Waals surface area contributed by atoms with Gasteiger partial charge in [-0.25, -0.2) is 9.59 Å². The first-order valence-electron chi connectivity index (χ1n) is 9.53. The highest BCUT2D eigenvalue weighted by molar-refractivity contribution is 6.06. The fourth-order valence-electron chi connectivity index (χ4n) is 3.42. The van der Waals surface area contributed by atoms with E-state index in [2.05, 4.69) is 10.3 Å². The van der Waals surface area contributed by atoms with Gasteiger partial charge >= 0.3 is 12.0 Å². The van der Waals surface area contributed by atoms with E-state index in [9.17, 15) is 9.59 Å². The maximum absolute atomic E-state index is 12.5. The van der Waals surface area contributed by atoms with E-state index in [1.54, 1.807) is 23.8 Å². The zero-order valence-electron chi connectivity index (χ0n) is 16.4. The number of rotatable bonds is 5. The van der Waals surface area contributed by atoms with Crippen molar-refractivity contribution in [1.82, 2.24) is 9.88 Å². The molecule has 0 saturated carbocycles. The number of pyridine rings is 1. The number of para-hydroxylation sites is 1. The Morgan fingerprint density at radius 3 is 2.76 bits per heavy atom. The number of nitrogens with zero attached hydrogens (tertiary/aromatic N) is 3. The van der Waals surface area contributed by atoms with Gasteiger partial charge in [-0.1, -0.05) is 24.3 Å². The molecule has 1 fully saturated rings. The highest BCUT2D eigenvalue weighted by Crippen LogP contribution is 2.31. The zero-order chi connectivity index (χ0) is 20.4. The molecule has 1 aliphatic heterocycles. The van der Waals surface area contributed by atoms with Gasteiger partial charge in [0.2, 0.25) is 0 Å². The maximum atomic E-state index is 12.5. The number of urea groups is 1. The van der Waals surface area contributed by atoms with Crippen LogP contribution < -0.4 is 10.2 Å². The number of anilines is 3. The van der Waals surface area contributed by atoms with Crippen LogP contribution in [-0.2, 0) is 4.74 Å². The summed E-state index contributed by atoms with van der Waals surface area (Å²) in [6, 6.07) is 15.2. The van der Waals surface area contributed by atoms with Crippen molar-refractivity contribution in [2.24, 2.45) is 0 Å². The van der Waals surface area contributed by atoms with Gasteiger partial charge in [-0.05, 0) is 31.2 Å². The number of hydrogen-bond donors (Lipinski definition) is 1. The van der Waals surface area contributed by atoms with Gasteiger partial charge in [-0.2, -0.15) is 0 Å². The SMILES string of the molecule is CCOC(=O)c1cnc2ccccc2c1Nc1cccc(N2CCN(C)C2=O)c1. The number of likely N-dealkylation sites (N-methyl/N-ethyl adjacent to an activating group) is 1. The van der Waals surface area contributed by atoms with Crippen molar-refractivity contribution >= 4 is 40.0 Å². The summed E-state index contributed by atoms with van der Waals surface area (Å²) in [4.78, 5) is 32.6. The minimum atomic E-state index is -0.430. The quantitative estimate of drug-likeness (QED) is 0.666. The van der Waals surface area contributed by atoms with Crippen LogP contribution in [0, 0.1) is 0 Å². The van der Waals surface area contributed by atoms with Crippen LogP contribution in [-0.4, -0.2) is 48.6 Å². The minimum Gasteiger partial charge on any atom is -0.462 e. The Labute approximate surface area is 168 Å². The summed E-state index contributed by atoms with van der Waals surface area (Å²) in [5.41, 5.74) is 3.35. The summed E-state index contributed by atoms with van der Waals surface area (Å²) in [6.07, 6.45) is 1.53. The van der Waals surface area contributed by atoms with Crippen LogP contribution in [0.5, 0.6) is 0 Å². The van der Waals surface area contributed by atoms with Crippen LogP contribution in [0.2, 0.25) is 0 Å². The van der Waals surface area contributed by atoms with Crippen molar-refractivity contribution in [1.29, 1.82) is 0 Å². The Balaban J connectivity index is 1.74. The Bertz CT molecular complexity index is 1080. The average Bonchev–Trinajstić information content (AvgIpc) is 3.07. The summed E-state index contributed by atoms with van der Waals surface area (Å²) in [5.74, 6) is -0.430. The van der Waals surface area contributed by atoms with Gasteiger partial charge in [0.15, 0.2) is 0 Å². The predicted octanol–water partition coefficient (Wildman–Crippen LogP) is 4.03. The largest absolute Gasteiger partial charge is 0.462 e. The van der Waals surface area contributed by atoms with Crippen LogP contribution in [0.1, 0.15) is 17.3 Å². The lowest BCUT2D eigenvalue weighted by Crippen LogP contribution is -2.29. The first-order chi connectivity index (χ1) is 14.1. The summed E-state index contributed by atoms with van der Waals surface area (Å²) in [5, 5.41) is 4.17. The molecule has 2 amide bonds. The van der Waals surface area contributed by atoms with Crippen molar-refractivity contribution in [2.75, 3.05) is 37.0 Å². The molecule has 148 valence electrons. The van der Waals surface area contributed by atoms with Crippen molar-refractivity contribution in [3.8, 4) is 0 Å². The van der Waals surface area contributed by atoms with Crippen molar-refractivity contribution in [3.05, 3.63) is 60.3 Å². The molecule has 2 heterocycles. The summed E-state index contributed by atoms with van der Waals surface area (Å²) in [6.45, 7) is 3.39. The first kappa shape index (κ1) is 18.7. The molecule has 0 aliphatic carbocycles. The Hall–Kier alpha value is -3.61. The number of fused-ring (bicyclic) bond motifs is 1. The molecule has 1 saturated heterocycles. The van der Waals surface area contributed by atoms with E-state index in [0.29, 0.717) is 24.3 Å². The predicted molar refractivity (Wildman–Crippen MR) is 113 cm³/mol. The molecule has 0 atom stereocenters. The second-order valence-electron chi connectivity index (χ2n) is 6.82. The molecule has 0 spiro atoms. The van der Waals surface area contributed by atoms with Crippen LogP contribution in [0.4, 0.5) is 21.9 Å². The normalized spacial score (nSPS) is 13.8. The van der Waals surface area contributed by atoms with E-state index < -0.39 is 5.97 Å². The molecule has 2 aromatic carbocycles. The monoisotopic (exact) mass is 390 g/mol. The highest BCUT2D eigenvalue weighted by atomic mass is 16.5. The average molecular weight is 390 g/mol. The van der Waals surface area contributed by atoms with Gasteiger partial charge in [-0.3, -0.25) is 9.88 Å². The lowest BCUT2D eigenvalue weighted by molar-refractivity contribution is 0.0527. The van der Waals surface area contributed by atoms with Crippen LogP contribution >= 0.6 is 0 Å². The topological polar surface area (TPSA) is 74.8 Å². The van der Waals surface area contributed by atoms with Crippen LogP contribution in [0.15, 0.2) is 54.7 Å². The van der Waals surface area contributed by atoms with E-state index in [-0.39, 0.29) is 12.6 Å². The van der Waals surface area contributed by atoms with Gasteiger partial charge in [0.1, 0.15) is 5.56 Å². The number of ether oxygens (including phenoxy) is 1. The van der Waals surface area contributed by atoms with Crippen LogP contribution in [0.3, 0.4) is 0 Å². The number of esters is 1.